The van der Waals surface area contributed by atoms with Crippen LogP contribution in [0.4, 0.5) is 0 Å². The summed E-state index contributed by atoms with van der Waals surface area (Å²) in [6.07, 6.45) is 7.02. The number of hydrogen-bond donors (Lipinski definition) is 2. The lowest BCUT2D eigenvalue weighted by atomic mass is 10.2. The number of rotatable bonds is 3. The van der Waals surface area contributed by atoms with Gasteiger partial charge in [0.25, 0.3) is 0 Å². The summed E-state index contributed by atoms with van der Waals surface area (Å²) in [6, 6.07) is 7.21. The molecule has 0 fully saturated rings. The van der Waals surface area contributed by atoms with E-state index in [1.165, 1.54) is 0 Å². The van der Waals surface area contributed by atoms with Gasteiger partial charge < -0.3 is 14.7 Å². The molecular formula is C13H12N4O. The van der Waals surface area contributed by atoms with Gasteiger partial charge in [-0.2, -0.15) is 0 Å². The number of nitrogens with one attached hydrogen (secondary N) is 1. The van der Waals surface area contributed by atoms with Gasteiger partial charge in [-0.15, -0.1) is 0 Å². The highest BCUT2D eigenvalue weighted by molar-refractivity contribution is 5.48. The Hall–Kier alpha value is -2.56. The molecule has 0 atom stereocenters. The highest BCUT2D eigenvalue weighted by atomic mass is 16.3. The maximum atomic E-state index is 9.45. The first-order chi connectivity index (χ1) is 8.83. The number of H-pyrrole nitrogens is 1. The van der Waals surface area contributed by atoms with Crippen LogP contribution in [0, 0.1) is 0 Å². The minimum absolute atomic E-state index is 0.274. The molecule has 2 heterocycles. The number of phenolic OH excluding ortho intramolecular Hbond substituents is 1. The minimum atomic E-state index is 0.274. The van der Waals surface area contributed by atoms with Crippen molar-refractivity contribution < 1.29 is 5.11 Å². The first-order valence-corrected chi connectivity index (χ1v) is 5.61. The molecule has 0 spiro atoms. The van der Waals surface area contributed by atoms with Gasteiger partial charge in [0.15, 0.2) is 5.82 Å². The topological polar surface area (TPSA) is 66.7 Å². The third-order valence-electron chi connectivity index (χ3n) is 2.72. The van der Waals surface area contributed by atoms with E-state index in [0.29, 0.717) is 6.54 Å². The van der Waals surface area contributed by atoms with Crippen LogP contribution in [0.3, 0.4) is 0 Å². The number of hydrogen-bond acceptors (Lipinski definition) is 3. The van der Waals surface area contributed by atoms with Crippen molar-refractivity contribution in [1.82, 2.24) is 19.5 Å². The van der Waals surface area contributed by atoms with E-state index in [1.807, 2.05) is 22.9 Å². The van der Waals surface area contributed by atoms with Crippen LogP contribution in [0.1, 0.15) is 5.56 Å². The van der Waals surface area contributed by atoms with Crippen LogP contribution in [0.15, 0.2) is 49.2 Å². The van der Waals surface area contributed by atoms with E-state index in [9.17, 15) is 5.11 Å². The van der Waals surface area contributed by atoms with Crippen LogP contribution in [0.25, 0.3) is 11.5 Å². The Labute approximate surface area is 104 Å². The highest BCUT2D eigenvalue weighted by Crippen LogP contribution is 2.17. The molecule has 3 aromatic rings. The predicted octanol–water partition coefficient (Wildman–Crippen LogP) is 2.03. The standard InChI is InChI=1S/C13H12N4O/c18-11-3-1-2-10(6-11)8-17-5-4-15-13(17)12-7-14-9-16-12/h1-7,9,18H,8H2,(H,14,16). The molecule has 5 heteroatoms. The predicted molar refractivity (Wildman–Crippen MR) is 67.0 cm³/mol. The Morgan fingerprint density at radius 2 is 2.28 bits per heavy atom. The Kier molecular flexibility index (Phi) is 2.57. The number of aromatic hydroxyl groups is 1. The molecule has 18 heavy (non-hydrogen) atoms. The van der Waals surface area contributed by atoms with E-state index in [2.05, 4.69) is 15.0 Å². The molecule has 2 N–H and O–H groups in total. The molecule has 1 aromatic carbocycles. The molecule has 0 aliphatic carbocycles. The molecule has 0 aliphatic heterocycles. The van der Waals surface area contributed by atoms with Crippen molar-refractivity contribution in [3.63, 3.8) is 0 Å². The van der Waals surface area contributed by atoms with Crippen LogP contribution in [0.5, 0.6) is 5.75 Å². The number of nitrogens with zero attached hydrogens (tertiary/aromatic N) is 3. The van der Waals surface area contributed by atoms with Crippen LogP contribution >= 0.6 is 0 Å². The SMILES string of the molecule is Oc1cccc(Cn2ccnc2-c2cnc[nH]2)c1. The first-order valence-electron chi connectivity index (χ1n) is 5.61. The Balaban J connectivity index is 1.92. The van der Waals surface area contributed by atoms with E-state index < -0.39 is 0 Å². The summed E-state index contributed by atoms with van der Waals surface area (Å²) in [5.41, 5.74) is 1.90. The lowest BCUT2D eigenvalue weighted by Crippen LogP contribution is -2.01. The zero-order chi connectivity index (χ0) is 12.4. The summed E-state index contributed by atoms with van der Waals surface area (Å²) < 4.78 is 2.00. The average molecular weight is 240 g/mol. The summed E-state index contributed by atoms with van der Waals surface area (Å²) in [7, 11) is 0. The number of aromatic amines is 1. The number of imidazole rings is 2. The van der Waals surface area contributed by atoms with E-state index in [0.717, 1.165) is 17.1 Å². The molecule has 0 saturated heterocycles. The van der Waals surface area contributed by atoms with Crippen LogP contribution < -0.4 is 0 Å². The fraction of sp³-hybridized carbons (Fsp3) is 0.0769. The quantitative estimate of drug-likeness (QED) is 0.736. The zero-order valence-electron chi connectivity index (χ0n) is 9.61. The van der Waals surface area contributed by atoms with Gasteiger partial charge in [-0.05, 0) is 17.7 Å². The maximum absolute atomic E-state index is 9.45. The molecule has 0 saturated carbocycles. The molecule has 3 rings (SSSR count). The van der Waals surface area contributed by atoms with Gasteiger partial charge in [0.1, 0.15) is 11.4 Å². The van der Waals surface area contributed by atoms with E-state index in [4.69, 9.17) is 0 Å². The monoisotopic (exact) mass is 240 g/mol. The fourth-order valence-electron chi connectivity index (χ4n) is 1.91. The minimum Gasteiger partial charge on any atom is -0.508 e. The summed E-state index contributed by atoms with van der Waals surface area (Å²) in [5, 5.41) is 9.45. The summed E-state index contributed by atoms with van der Waals surface area (Å²) in [6.45, 7) is 0.656. The molecule has 0 amide bonds. The van der Waals surface area contributed by atoms with Gasteiger partial charge in [-0.25, -0.2) is 9.97 Å². The van der Waals surface area contributed by atoms with Gasteiger partial charge in [0.05, 0.1) is 12.5 Å². The van der Waals surface area contributed by atoms with Gasteiger partial charge in [0, 0.05) is 18.9 Å². The molecule has 0 bridgehead atoms. The second-order valence-corrected chi connectivity index (χ2v) is 4.01. The van der Waals surface area contributed by atoms with E-state index in [1.54, 1.807) is 30.9 Å². The van der Waals surface area contributed by atoms with Crippen molar-refractivity contribution in [1.29, 1.82) is 0 Å². The van der Waals surface area contributed by atoms with Crippen molar-refractivity contribution in [3.8, 4) is 17.3 Å². The Bertz CT molecular complexity index is 643. The van der Waals surface area contributed by atoms with Crippen molar-refractivity contribution in [2.75, 3.05) is 0 Å². The van der Waals surface area contributed by atoms with Gasteiger partial charge in [-0.1, -0.05) is 12.1 Å². The molecule has 0 unspecified atom stereocenters. The normalized spacial score (nSPS) is 10.7. The van der Waals surface area contributed by atoms with Crippen molar-refractivity contribution in [2.24, 2.45) is 0 Å². The van der Waals surface area contributed by atoms with Gasteiger partial charge in [0.2, 0.25) is 0 Å². The number of aromatic nitrogens is 4. The largest absolute Gasteiger partial charge is 0.508 e. The third-order valence-corrected chi connectivity index (χ3v) is 2.72. The maximum Gasteiger partial charge on any atom is 0.158 e. The molecule has 5 nitrogen and oxygen atoms in total. The lowest BCUT2D eigenvalue weighted by Gasteiger charge is -2.06. The van der Waals surface area contributed by atoms with E-state index in [-0.39, 0.29) is 5.75 Å². The van der Waals surface area contributed by atoms with Crippen LogP contribution in [-0.4, -0.2) is 24.6 Å². The fourth-order valence-corrected chi connectivity index (χ4v) is 1.91. The zero-order valence-corrected chi connectivity index (χ0v) is 9.61. The van der Waals surface area contributed by atoms with Crippen molar-refractivity contribution in [2.45, 2.75) is 6.54 Å². The van der Waals surface area contributed by atoms with Gasteiger partial charge >= 0.3 is 0 Å². The second-order valence-electron chi connectivity index (χ2n) is 4.01. The number of phenols is 1. The van der Waals surface area contributed by atoms with Gasteiger partial charge in [-0.3, -0.25) is 0 Å². The van der Waals surface area contributed by atoms with Crippen LogP contribution in [-0.2, 0) is 6.54 Å². The first kappa shape index (κ1) is 10.6. The highest BCUT2D eigenvalue weighted by Gasteiger charge is 2.07. The Morgan fingerprint density at radius 3 is 3.06 bits per heavy atom. The third kappa shape index (κ3) is 1.98. The number of benzene rings is 1. The summed E-state index contributed by atoms with van der Waals surface area (Å²) in [4.78, 5) is 11.3. The average Bonchev–Trinajstić information content (AvgIpc) is 2.98. The van der Waals surface area contributed by atoms with Crippen LogP contribution in [0.2, 0.25) is 0 Å². The van der Waals surface area contributed by atoms with Crippen molar-refractivity contribution >= 4 is 0 Å². The molecule has 0 aliphatic rings. The van der Waals surface area contributed by atoms with E-state index >= 15 is 0 Å². The molecule has 0 radical (unpaired) electrons. The summed E-state index contributed by atoms with van der Waals surface area (Å²) >= 11 is 0. The lowest BCUT2D eigenvalue weighted by molar-refractivity contribution is 0.474. The molecule has 2 aromatic heterocycles. The Morgan fingerprint density at radius 1 is 1.33 bits per heavy atom. The molecular weight excluding hydrogens is 228 g/mol. The smallest absolute Gasteiger partial charge is 0.158 e. The summed E-state index contributed by atoms with van der Waals surface area (Å²) in [5.74, 6) is 1.10. The second kappa shape index (κ2) is 4.37. The molecule has 90 valence electrons. The van der Waals surface area contributed by atoms with Crippen molar-refractivity contribution in [3.05, 3.63) is 54.7 Å².